The number of morpholine rings is 1. The first-order valence-electron chi connectivity index (χ1n) is 19.5. The Morgan fingerprint density at radius 2 is 1.72 bits per heavy atom. The maximum Gasteiger partial charge on any atom is 0.320 e. The van der Waals surface area contributed by atoms with Gasteiger partial charge in [0.15, 0.2) is 5.65 Å². The Morgan fingerprint density at radius 1 is 0.944 bits per heavy atom. The van der Waals surface area contributed by atoms with Crippen LogP contribution in [0.5, 0.6) is 5.75 Å². The van der Waals surface area contributed by atoms with E-state index in [1.165, 1.54) is 6.42 Å². The molecule has 4 atom stereocenters. The van der Waals surface area contributed by atoms with Crippen molar-refractivity contribution in [3.05, 3.63) is 77.9 Å². The number of piperidine rings is 1. The van der Waals surface area contributed by atoms with E-state index >= 15 is 0 Å². The standard InChI is InChI=1S/C40H53N11O3/c1-27-9-8-10-28(2)50(27)39-45-44-36-16-13-30(26-49(36)39)54-34-15-14-33(31-11-6-7-12-32(31)34)42-38(52)43-37-23-35(40(3,4)5)46-51(37)29-24-41-48(25-29)18-17-47-19-21-53-22-20-47/h6-7,11-13,16,23-28,33-34H,8-10,14-15,17-22H2,1-5H3,(H2,42,43,52)/t27-,28+,33-,34+/m0/s1. The van der Waals surface area contributed by atoms with E-state index < -0.39 is 0 Å². The van der Waals surface area contributed by atoms with E-state index in [0.717, 1.165) is 105 Å². The molecule has 0 bridgehead atoms. The van der Waals surface area contributed by atoms with Crippen molar-refractivity contribution in [3.8, 4) is 11.4 Å². The third kappa shape index (κ3) is 7.54. The number of amides is 2. The highest BCUT2D eigenvalue weighted by atomic mass is 16.5. The van der Waals surface area contributed by atoms with E-state index in [1.807, 2.05) is 47.4 Å². The largest absolute Gasteiger partial charge is 0.484 e. The van der Waals surface area contributed by atoms with Crippen molar-refractivity contribution in [2.24, 2.45) is 0 Å². The van der Waals surface area contributed by atoms with E-state index in [2.05, 4.69) is 86.9 Å². The first-order chi connectivity index (χ1) is 26.1. The van der Waals surface area contributed by atoms with E-state index in [9.17, 15) is 4.79 Å². The summed E-state index contributed by atoms with van der Waals surface area (Å²) in [4.78, 5) is 18.5. The summed E-state index contributed by atoms with van der Waals surface area (Å²) in [6.45, 7) is 15.9. The summed E-state index contributed by atoms with van der Waals surface area (Å²) >= 11 is 0. The summed E-state index contributed by atoms with van der Waals surface area (Å²) in [6, 6.07) is 14.5. The Hall–Kier alpha value is -4.95. The number of nitrogens with zero attached hydrogens (tertiary/aromatic N) is 9. The lowest BCUT2D eigenvalue weighted by molar-refractivity contribution is 0.0359. The van der Waals surface area contributed by atoms with Crippen LogP contribution in [-0.4, -0.2) is 90.0 Å². The van der Waals surface area contributed by atoms with Crippen LogP contribution < -0.4 is 20.3 Å². The number of carbonyl (C=O) groups is 1. The summed E-state index contributed by atoms with van der Waals surface area (Å²) in [5.74, 6) is 2.22. The van der Waals surface area contributed by atoms with Crippen LogP contribution in [0.4, 0.5) is 16.6 Å². The summed E-state index contributed by atoms with van der Waals surface area (Å²) in [5, 5.41) is 25.0. The molecule has 8 rings (SSSR count). The number of carbonyl (C=O) groups excluding carboxylic acids is 1. The van der Waals surface area contributed by atoms with Gasteiger partial charge in [-0.2, -0.15) is 10.2 Å². The van der Waals surface area contributed by atoms with Gasteiger partial charge in [0.25, 0.3) is 0 Å². The van der Waals surface area contributed by atoms with E-state index in [4.69, 9.17) is 14.6 Å². The lowest BCUT2D eigenvalue weighted by Gasteiger charge is -2.39. The van der Waals surface area contributed by atoms with Crippen molar-refractivity contribution in [1.82, 2.24) is 44.4 Å². The number of nitrogens with one attached hydrogen (secondary N) is 2. The molecule has 14 heteroatoms. The predicted molar refractivity (Wildman–Crippen MR) is 207 cm³/mol. The topological polar surface area (TPSA) is 132 Å². The van der Waals surface area contributed by atoms with Crippen LogP contribution in [0.25, 0.3) is 11.3 Å². The minimum atomic E-state index is -0.290. The second kappa shape index (κ2) is 15.1. The van der Waals surface area contributed by atoms with Crippen LogP contribution in [0, 0.1) is 0 Å². The number of benzene rings is 1. The monoisotopic (exact) mass is 735 g/mol. The molecule has 1 aliphatic carbocycles. The molecular formula is C40H53N11O3. The van der Waals surface area contributed by atoms with Crippen LogP contribution >= 0.6 is 0 Å². The van der Waals surface area contributed by atoms with Crippen molar-refractivity contribution < 1.29 is 14.3 Å². The van der Waals surface area contributed by atoms with Crippen LogP contribution in [0.1, 0.15) is 95.7 Å². The average molecular weight is 736 g/mol. The zero-order valence-electron chi connectivity index (χ0n) is 32.1. The highest BCUT2D eigenvalue weighted by Crippen LogP contribution is 2.39. The maximum absolute atomic E-state index is 13.7. The minimum absolute atomic E-state index is 0.164. The van der Waals surface area contributed by atoms with Crippen molar-refractivity contribution in [1.29, 1.82) is 0 Å². The Morgan fingerprint density at radius 3 is 2.50 bits per heavy atom. The van der Waals surface area contributed by atoms with Crippen molar-refractivity contribution in [2.45, 2.75) is 103 Å². The number of ether oxygens (including phenoxy) is 2. The quantitative estimate of drug-likeness (QED) is 0.180. The number of pyridine rings is 1. The average Bonchev–Trinajstić information content (AvgIpc) is 3.91. The van der Waals surface area contributed by atoms with E-state index in [-0.39, 0.29) is 23.6 Å². The summed E-state index contributed by atoms with van der Waals surface area (Å²) in [7, 11) is 0. The van der Waals surface area contributed by atoms with Gasteiger partial charge >= 0.3 is 6.03 Å². The molecule has 2 fully saturated rings. The lowest BCUT2D eigenvalue weighted by atomic mass is 9.85. The van der Waals surface area contributed by atoms with Crippen LogP contribution in [-0.2, 0) is 16.7 Å². The smallest absolute Gasteiger partial charge is 0.320 e. The molecule has 5 aromatic rings. The SMILES string of the molecule is C[C@@H]1CCC[C@H](C)N1c1nnc2ccc(O[C@@H]3CC[C@H](NC(=O)Nc4cc(C(C)(C)C)nn4-c4cnn(CCN5CCOCC5)c4)c4ccccc43)cn12. The van der Waals surface area contributed by atoms with E-state index in [1.54, 1.807) is 10.9 Å². The number of fused-ring (bicyclic) bond motifs is 2. The normalized spacial score (nSPS) is 22.3. The molecule has 2 aliphatic heterocycles. The fraction of sp³-hybridized carbons (Fsp3) is 0.525. The van der Waals surface area contributed by atoms with Crippen LogP contribution in [0.3, 0.4) is 0 Å². The van der Waals surface area contributed by atoms with Gasteiger partial charge in [-0.05, 0) is 69.2 Å². The number of urea groups is 1. The molecule has 0 unspecified atom stereocenters. The highest BCUT2D eigenvalue weighted by molar-refractivity contribution is 5.89. The van der Waals surface area contributed by atoms with Gasteiger partial charge in [0, 0.05) is 43.2 Å². The van der Waals surface area contributed by atoms with Crippen LogP contribution in [0.15, 0.2) is 61.1 Å². The Kier molecular flexibility index (Phi) is 10.1. The molecule has 14 nitrogen and oxygen atoms in total. The number of hydrogen-bond acceptors (Lipinski definition) is 9. The van der Waals surface area contributed by atoms with Gasteiger partial charge in [-0.1, -0.05) is 45.0 Å². The molecule has 3 aliphatic rings. The Balaban J connectivity index is 0.966. The highest BCUT2D eigenvalue weighted by Gasteiger charge is 2.32. The van der Waals surface area contributed by atoms with Gasteiger partial charge < -0.3 is 19.7 Å². The number of rotatable bonds is 9. The van der Waals surface area contributed by atoms with Gasteiger partial charge in [-0.3, -0.25) is 19.3 Å². The predicted octanol–water partition coefficient (Wildman–Crippen LogP) is 6.29. The third-order valence-electron chi connectivity index (χ3n) is 11.1. The third-order valence-corrected chi connectivity index (χ3v) is 11.1. The molecule has 2 N–H and O–H groups in total. The molecule has 2 saturated heterocycles. The zero-order chi connectivity index (χ0) is 37.4. The van der Waals surface area contributed by atoms with Crippen molar-refractivity contribution in [2.75, 3.05) is 43.1 Å². The van der Waals surface area contributed by atoms with Gasteiger partial charge in [0.05, 0.1) is 50.1 Å². The minimum Gasteiger partial charge on any atom is -0.484 e. The summed E-state index contributed by atoms with van der Waals surface area (Å²) in [5.41, 5.74) is 4.38. The first-order valence-corrected chi connectivity index (χ1v) is 19.5. The fourth-order valence-electron chi connectivity index (χ4n) is 8.10. The molecule has 2 amide bonds. The molecule has 0 spiro atoms. The molecule has 286 valence electrons. The fourth-order valence-corrected chi connectivity index (χ4v) is 8.10. The maximum atomic E-state index is 13.7. The first kappa shape index (κ1) is 36.0. The number of aromatic nitrogens is 7. The summed E-state index contributed by atoms with van der Waals surface area (Å²) < 4.78 is 18.0. The molecule has 0 saturated carbocycles. The molecule has 6 heterocycles. The Labute approximate surface area is 316 Å². The van der Waals surface area contributed by atoms with E-state index in [0.29, 0.717) is 17.9 Å². The molecule has 54 heavy (non-hydrogen) atoms. The van der Waals surface area contributed by atoms with Crippen molar-refractivity contribution in [3.63, 3.8) is 0 Å². The summed E-state index contributed by atoms with van der Waals surface area (Å²) in [6.07, 6.45) is 10.6. The van der Waals surface area contributed by atoms with Gasteiger partial charge in [0.2, 0.25) is 5.95 Å². The number of anilines is 2. The Bertz CT molecular complexity index is 2060. The number of hydrogen-bond donors (Lipinski definition) is 2. The van der Waals surface area contributed by atoms with Gasteiger partial charge in [-0.15, -0.1) is 10.2 Å². The van der Waals surface area contributed by atoms with Crippen molar-refractivity contribution >= 4 is 23.4 Å². The molecule has 0 radical (unpaired) electrons. The van der Waals surface area contributed by atoms with Crippen LogP contribution in [0.2, 0.25) is 0 Å². The second-order valence-corrected chi connectivity index (χ2v) is 16.1. The van der Waals surface area contributed by atoms with Gasteiger partial charge in [-0.25, -0.2) is 9.48 Å². The molecule has 1 aromatic carbocycles. The second-order valence-electron chi connectivity index (χ2n) is 16.1. The lowest BCUT2D eigenvalue weighted by Crippen LogP contribution is -2.44. The molecule has 4 aromatic heterocycles. The zero-order valence-corrected chi connectivity index (χ0v) is 32.1. The molecular weight excluding hydrogens is 683 g/mol. The van der Waals surface area contributed by atoms with Gasteiger partial charge in [0.1, 0.15) is 23.4 Å².